The van der Waals surface area contributed by atoms with Gasteiger partial charge in [-0.25, -0.2) is 4.98 Å². The van der Waals surface area contributed by atoms with Crippen molar-refractivity contribution in [3.63, 3.8) is 0 Å². The minimum absolute atomic E-state index is 0. The van der Waals surface area contributed by atoms with Crippen LogP contribution in [0.1, 0.15) is 36.1 Å². The normalized spacial score (nSPS) is 12.6. The summed E-state index contributed by atoms with van der Waals surface area (Å²) in [6.07, 6.45) is 5.49. The maximum atomic E-state index is 7.23. The fourth-order valence-corrected chi connectivity index (χ4v) is 4.66. The Kier molecular flexibility index (Phi) is 7.04. The minimum Gasteiger partial charge on any atom is -0.341 e. The van der Waals surface area contributed by atoms with Crippen LogP contribution in [0.4, 0.5) is 0 Å². The number of aryl methyl sites for hydroxylation is 1. The molecule has 0 atom stereocenters. The van der Waals surface area contributed by atoms with Gasteiger partial charge in [-0.15, -0.1) is 65.5 Å². The number of rotatable bonds is 2. The van der Waals surface area contributed by atoms with Crippen LogP contribution in [0.5, 0.6) is 0 Å². The summed E-state index contributed by atoms with van der Waals surface area (Å²) in [5.41, 5.74) is 8.14. The maximum Gasteiger partial charge on any atom is 0.129 e. The van der Waals surface area contributed by atoms with Gasteiger partial charge in [0.1, 0.15) is 5.65 Å². The van der Waals surface area contributed by atoms with E-state index in [-0.39, 0.29) is 31.1 Å². The van der Waals surface area contributed by atoms with Crippen LogP contribution in [0.15, 0.2) is 110 Å². The van der Waals surface area contributed by atoms with Gasteiger partial charge < -0.3 is 14.4 Å². The number of fused-ring (bicyclic) bond motifs is 6. The van der Waals surface area contributed by atoms with Crippen LogP contribution >= 0.6 is 0 Å². The smallest absolute Gasteiger partial charge is 0.129 e. The number of hydrogen-bond acceptors (Lipinski definition) is 3. The molecule has 3 aromatic carbocycles. The van der Waals surface area contributed by atoms with Crippen molar-refractivity contribution in [3.05, 3.63) is 133 Å². The first-order valence-electron chi connectivity index (χ1n) is 14.7. The number of benzene rings is 3. The first kappa shape index (κ1) is 24.6. The molecule has 0 aliphatic rings. The molecule has 0 aliphatic heterocycles. The van der Waals surface area contributed by atoms with E-state index in [1.54, 1.807) is 18.2 Å². The first-order valence-corrected chi connectivity index (χ1v) is 13.2. The third-order valence-electron chi connectivity index (χ3n) is 6.79. The summed E-state index contributed by atoms with van der Waals surface area (Å²) >= 11 is 0. The molecule has 205 valence electrons. The topological polar surface area (TPSA) is 43.1 Å². The SMILES string of the molecule is CC(C)(C)c1cn2c3ccc[c-]c3c3ncc(-c4ccccc4)cc3c2n1.[2H]C([2H])([2H])c1ccc(-c2[c-]cccc2)nc1.[Ir]. The standard InChI is InChI=1S/C24H20N3.C12H10N.Ir/c1-24(2,3)21-15-27-20-12-8-7-11-18(20)22-19(23(27)26-21)13-17(14-25-22)16-9-5-4-6-10-16;1-10-7-8-12(13-9-10)11-5-3-2-4-6-11;/h4-10,12-15H,1-3H3;2-5,7-9H,1H3;/q2*-1;/i;1D3;. The summed E-state index contributed by atoms with van der Waals surface area (Å²) in [7, 11) is 0. The van der Waals surface area contributed by atoms with Crippen LogP contribution in [-0.4, -0.2) is 19.4 Å². The van der Waals surface area contributed by atoms with Crippen molar-refractivity contribution in [2.75, 3.05) is 0 Å². The summed E-state index contributed by atoms with van der Waals surface area (Å²) in [4.78, 5) is 14.0. The summed E-state index contributed by atoms with van der Waals surface area (Å²) in [5, 5.41) is 2.08. The molecule has 0 amide bonds. The maximum absolute atomic E-state index is 7.23. The largest absolute Gasteiger partial charge is 0.341 e. The second kappa shape index (κ2) is 11.7. The molecule has 41 heavy (non-hydrogen) atoms. The van der Waals surface area contributed by atoms with Crippen molar-refractivity contribution in [1.29, 1.82) is 0 Å². The Labute approximate surface area is 258 Å². The number of pyridine rings is 3. The molecule has 0 aliphatic carbocycles. The molecule has 0 fully saturated rings. The van der Waals surface area contributed by atoms with Crippen LogP contribution in [-0.2, 0) is 25.5 Å². The van der Waals surface area contributed by atoms with E-state index >= 15 is 0 Å². The molecule has 0 saturated carbocycles. The number of hydrogen-bond donors (Lipinski definition) is 0. The van der Waals surface area contributed by atoms with Gasteiger partial charge in [-0.05, 0) is 40.8 Å². The fourth-order valence-electron chi connectivity index (χ4n) is 4.66. The van der Waals surface area contributed by atoms with Gasteiger partial charge in [-0.1, -0.05) is 63.2 Å². The molecule has 7 rings (SSSR count). The molecular formula is C36H30IrN4-2. The van der Waals surface area contributed by atoms with Crippen molar-refractivity contribution in [2.45, 2.75) is 33.0 Å². The van der Waals surface area contributed by atoms with E-state index in [1.165, 1.54) is 6.20 Å². The second-order valence-corrected chi connectivity index (χ2v) is 10.7. The van der Waals surface area contributed by atoms with Gasteiger partial charge in [-0.2, -0.15) is 0 Å². The number of imidazole rings is 1. The van der Waals surface area contributed by atoms with Crippen molar-refractivity contribution in [1.82, 2.24) is 19.4 Å². The molecule has 0 unspecified atom stereocenters. The van der Waals surface area contributed by atoms with E-state index in [0.717, 1.165) is 55.5 Å². The molecule has 0 bridgehead atoms. The molecule has 1 radical (unpaired) electrons. The third-order valence-corrected chi connectivity index (χ3v) is 6.79. The van der Waals surface area contributed by atoms with Gasteiger partial charge >= 0.3 is 0 Å². The first-order chi connectivity index (χ1) is 20.6. The average Bonchev–Trinajstić information content (AvgIpc) is 3.49. The molecule has 4 heterocycles. The predicted octanol–water partition coefficient (Wildman–Crippen LogP) is 8.66. The quantitative estimate of drug-likeness (QED) is 0.133. The van der Waals surface area contributed by atoms with Gasteiger partial charge in [0.15, 0.2) is 0 Å². The molecular weight excluding hydrogens is 681 g/mol. The summed E-state index contributed by atoms with van der Waals surface area (Å²) in [5.74, 6) is 0. The fraction of sp³-hybridized carbons (Fsp3) is 0.139. The third kappa shape index (κ3) is 5.83. The van der Waals surface area contributed by atoms with Crippen LogP contribution < -0.4 is 0 Å². The average molecular weight is 714 g/mol. The van der Waals surface area contributed by atoms with Crippen LogP contribution in [0.2, 0.25) is 0 Å². The van der Waals surface area contributed by atoms with Gasteiger partial charge in [0.05, 0.1) is 5.69 Å². The second-order valence-electron chi connectivity index (χ2n) is 10.7. The molecule has 7 aromatic rings. The Balaban J connectivity index is 0.000000194. The Bertz CT molecular complexity index is 2030. The molecule has 0 saturated heterocycles. The molecule has 4 nitrogen and oxygen atoms in total. The number of nitrogens with zero attached hydrogens (tertiary/aromatic N) is 4. The van der Waals surface area contributed by atoms with E-state index in [9.17, 15) is 0 Å². The monoisotopic (exact) mass is 714 g/mol. The minimum atomic E-state index is -2.09. The van der Waals surface area contributed by atoms with Gasteiger partial charge in [-0.3, -0.25) is 0 Å². The molecule has 4 aromatic heterocycles. The molecule has 5 heteroatoms. The van der Waals surface area contributed by atoms with E-state index in [1.807, 2.05) is 42.6 Å². The summed E-state index contributed by atoms with van der Waals surface area (Å²) in [6, 6.07) is 35.8. The molecule has 0 N–H and O–H groups in total. The van der Waals surface area contributed by atoms with Crippen LogP contribution in [0, 0.1) is 19.0 Å². The van der Waals surface area contributed by atoms with Gasteiger partial charge in [0.2, 0.25) is 0 Å². The van der Waals surface area contributed by atoms with Crippen LogP contribution in [0.3, 0.4) is 0 Å². The zero-order chi connectivity index (χ0) is 30.2. The Morgan fingerprint density at radius 2 is 1.61 bits per heavy atom. The predicted molar refractivity (Wildman–Crippen MR) is 164 cm³/mol. The van der Waals surface area contributed by atoms with E-state index in [0.29, 0.717) is 0 Å². The van der Waals surface area contributed by atoms with E-state index < -0.39 is 6.85 Å². The van der Waals surface area contributed by atoms with Crippen LogP contribution in [0.25, 0.3) is 49.8 Å². The van der Waals surface area contributed by atoms with Gasteiger partial charge in [0, 0.05) is 59.1 Å². The van der Waals surface area contributed by atoms with Crippen molar-refractivity contribution in [3.8, 4) is 22.4 Å². The Hall–Kier alpha value is -4.18. The van der Waals surface area contributed by atoms with Crippen molar-refractivity contribution in [2.24, 2.45) is 0 Å². The number of aromatic nitrogens is 4. The van der Waals surface area contributed by atoms with E-state index in [4.69, 9.17) is 14.1 Å². The summed E-state index contributed by atoms with van der Waals surface area (Å²) in [6.45, 7) is 4.49. The zero-order valence-electron chi connectivity index (χ0n) is 26.0. The summed E-state index contributed by atoms with van der Waals surface area (Å²) < 4.78 is 23.9. The Morgan fingerprint density at radius 3 is 2.32 bits per heavy atom. The van der Waals surface area contributed by atoms with E-state index in [2.05, 4.69) is 84.9 Å². The van der Waals surface area contributed by atoms with Crippen molar-refractivity contribution >= 4 is 27.5 Å². The van der Waals surface area contributed by atoms with Crippen molar-refractivity contribution < 1.29 is 24.2 Å². The van der Waals surface area contributed by atoms with Gasteiger partial charge in [0.25, 0.3) is 0 Å². The Morgan fingerprint density at radius 1 is 0.805 bits per heavy atom. The zero-order valence-corrected chi connectivity index (χ0v) is 25.4. The molecule has 0 spiro atoms.